The summed E-state index contributed by atoms with van der Waals surface area (Å²) in [6.45, 7) is 30.9. The quantitative estimate of drug-likeness (QED) is 0.0413. The number of phosphoric acid groups is 2. The Morgan fingerprint density at radius 2 is 0.446 bits per heavy atom. The molecule has 0 spiro atoms. The highest BCUT2D eigenvalue weighted by molar-refractivity contribution is 7.60. The summed E-state index contributed by atoms with van der Waals surface area (Å²) >= 11 is 0. The molecule has 3 N–H and O–H groups in total. The molecule has 0 aliphatic carbocycles. The zero-order chi connectivity index (χ0) is 55.8. The van der Waals surface area contributed by atoms with Crippen molar-refractivity contribution in [3.63, 3.8) is 0 Å². The molecule has 0 aromatic carbocycles. The predicted octanol–water partition coefficient (Wildman–Crippen LogP) is 21.9. The summed E-state index contributed by atoms with van der Waals surface area (Å²) in [5, 5.41) is 0. The Balaban J connectivity index is 4.33. The maximum absolute atomic E-state index is 11.5. The minimum absolute atomic E-state index is 0.275. The zero-order valence-corrected chi connectivity index (χ0v) is 51.3. The van der Waals surface area contributed by atoms with Crippen LogP contribution >= 0.6 is 15.6 Å². The summed E-state index contributed by atoms with van der Waals surface area (Å²) in [6, 6.07) is 0. The van der Waals surface area contributed by atoms with Gasteiger partial charge in [0.15, 0.2) is 0 Å². The Morgan fingerprint density at radius 3 is 0.608 bits per heavy atom. The topological polar surface area (TPSA) is 113 Å². The van der Waals surface area contributed by atoms with Crippen LogP contribution in [-0.2, 0) is 18.0 Å². The summed E-state index contributed by atoms with van der Waals surface area (Å²) in [4.78, 5) is 26.7. The molecule has 1 atom stereocenters. The van der Waals surface area contributed by atoms with Crippen LogP contribution in [0.4, 0.5) is 0 Å². The summed E-state index contributed by atoms with van der Waals surface area (Å²) in [5.74, 6) is 0. The van der Waals surface area contributed by atoms with Gasteiger partial charge in [-0.15, -0.1) is 0 Å². The summed E-state index contributed by atoms with van der Waals surface area (Å²) < 4.78 is 30.7. The molecule has 0 saturated heterocycles. The third kappa shape index (κ3) is 47.3. The lowest BCUT2D eigenvalue weighted by molar-refractivity contribution is 0.191. The molecule has 420 valence electrons. The Bertz CT molecular complexity index is 2130. The summed E-state index contributed by atoms with van der Waals surface area (Å²) in [6.07, 6.45) is 56.8. The van der Waals surface area contributed by atoms with E-state index in [1.54, 1.807) is 6.08 Å². The molecule has 0 fully saturated rings. The molecule has 74 heavy (non-hydrogen) atoms. The second-order valence-corrected chi connectivity index (χ2v) is 24.5. The van der Waals surface area contributed by atoms with Crippen molar-refractivity contribution >= 4 is 15.6 Å². The lowest BCUT2D eigenvalue weighted by atomic mass is 10.0. The molecule has 7 nitrogen and oxygen atoms in total. The highest BCUT2D eigenvalue weighted by atomic mass is 31.3. The van der Waals surface area contributed by atoms with Gasteiger partial charge in [0, 0.05) is 0 Å². The average Bonchev–Trinajstić information content (AvgIpc) is 3.28. The van der Waals surface area contributed by atoms with Gasteiger partial charge in [-0.1, -0.05) is 151 Å². The molecule has 9 heteroatoms. The van der Waals surface area contributed by atoms with Crippen LogP contribution in [0, 0.1) is 0 Å². The van der Waals surface area contributed by atoms with E-state index < -0.39 is 15.6 Å². The van der Waals surface area contributed by atoms with Crippen LogP contribution in [0.3, 0.4) is 0 Å². The van der Waals surface area contributed by atoms with E-state index in [1.807, 2.05) is 6.92 Å². The highest BCUT2D eigenvalue weighted by Gasteiger charge is 2.31. The van der Waals surface area contributed by atoms with Crippen LogP contribution in [0.15, 0.2) is 151 Å². The fraction of sp³-hybridized carbons (Fsp3) is 0.600. The first-order valence-corrected chi connectivity index (χ1v) is 31.1. The smallest absolute Gasteiger partial charge is 0.302 e. The van der Waals surface area contributed by atoms with Crippen LogP contribution in [-0.4, -0.2) is 21.3 Å². The van der Waals surface area contributed by atoms with Crippen LogP contribution in [0.25, 0.3) is 0 Å². The second kappa shape index (κ2) is 42.9. The molecule has 0 rings (SSSR count). The Labute approximate surface area is 455 Å². The molecule has 0 saturated carbocycles. The second-order valence-electron chi connectivity index (χ2n) is 21.7. The van der Waals surface area contributed by atoms with Crippen molar-refractivity contribution in [3.05, 3.63) is 151 Å². The molecule has 0 aliphatic heterocycles. The predicted molar refractivity (Wildman–Crippen MR) is 324 cm³/mol. The van der Waals surface area contributed by atoms with E-state index in [1.165, 1.54) is 86.1 Å². The number of hydrogen-bond acceptors (Lipinski definition) is 4. The molecular weight excluding hydrogens is 955 g/mol. The summed E-state index contributed by atoms with van der Waals surface area (Å²) in [7, 11) is -9.93. The van der Waals surface area contributed by atoms with Crippen LogP contribution in [0.5, 0.6) is 0 Å². The van der Waals surface area contributed by atoms with Crippen molar-refractivity contribution < 1.29 is 32.6 Å². The van der Waals surface area contributed by atoms with E-state index in [0.29, 0.717) is 0 Å². The first-order chi connectivity index (χ1) is 34.8. The minimum Gasteiger partial charge on any atom is -0.302 e. The van der Waals surface area contributed by atoms with Crippen LogP contribution in [0.1, 0.15) is 251 Å². The van der Waals surface area contributed by atoms with Crippen molar-refractivity contribution in [2.45, 2.75) is 251 Å². The van der Waals surface area contributed by atoms with Gasteiger partial charge in [-0.2, -0.15) is 4.31 Å². The molecule has 0 aromatic rings. The first kappa shape index (κ1) is 70.9. The third-order valence-corrected chi connectivity index (χ3v) is 15.5. The van der Waals surface area contributed by atoms with Crippen molar-refractivity contribution in [1.29, 1.82) is 0 Å². The van der Waals surface area contributed by atoms with Crippen molar-refractivity contribution in [2.75, 3.05) is 6.61 Å². The molecule has 0 bridgehead atoms. The summed E-state index contributed by atoms with van der Waals surface area (Å²) in [5.41, 5.74) is 18.6. The van der Waals surface area contributed by atoms with E-state index in [-0.39, 0.29) is 6.61 Å². The van der Waals surface area contributed by atoms with Crippen LogP contribution in [0.2, 0.25) is 0 Å². The van der Waals surface area contributed by atoms with Gasteiger partial charge in [-0.05, 0) is 251 Å². The van der Waals surface area contributed by atoms with Gasteiger partial charge >= 0.3 is 15.6 Å². The van der Waals surface area contributed by atoms with Gasteiger partial charge < -0.3 is 14.7 Å². The minimum atomic E-state index is -5.11. The SMILES string of the molecule is CC(C)=CCCC(C)=CCCC(C)=CCCC(C)=CCCC(C)=CCCC(C)=CCCC(C)=CCCC(C)=CCCC(C)=CCCC(C)=CCCC(C)=CCCC(C)=CCCC(C)=CCOP(=O)(O)OP(=O)(O)O. The Morgan fingerprint density at radius 1 is 0.284 bits per heavy atom. The van der Waals surface area contributed by atoms with E-state index >= 15 is 0 Å². The van der Waals surface area contributed by atoms with Gasteiger partial charge in [0.25, 0.3) is 0 Å². The van der Waals surface area contributed by atoms with Gasteiger partial charge in [0.2, 0.25) is 0 Å². The van der Waals surface area contributed by atoms with Gasteiger partial charge in [0.05, 0.1) is 6.61 Å². The molecule has 0 heterocycles. The number of hydrogen-bond donors (Lipinski definition) is 3. The van der Waals surface area contributed by atoms with Gasteiger partial charge in [-0.3, -0.25) is 4.52 Å². The Hall–Kier alpha value is -3.12. The third-order valence-electron chi connectivity index (χ3n) is 13.3. The first-order valence-electron chi connectivity index (χ1n) is 28.1. The molecule has 0 aliphatic rings. The largest absolute Gasteiger partial charge is 0.481 e. The molecule has 0 radical (unpaired) electrons. The fourth-order valence-corrected chi connectivity index (χ4v) is 9.78. The van der Waals surface area contributed by atoms with Gasteiger partial charge in [-0.25, -0.2) is 9.13 Å². The lowest BCUT2D eigenvalue weighted by Gasteiger charge is -2.11. The van der Waals surface area contributed by atoms with Crippen molar-refractivity contribution in [3.8, 4) is 0 Å². The number of allylic oxidation sites excluding steroid dienone is 25. The van der Waals surface area contributed by atoms with Crippen LogP contribution < -0.4 is 0 Å². The van der Waals surface area contributed by atoms with Gasteiger partial charge in [0.1, 0.15) is 0 Å². The monoisotopic (exact) mass is 1060 g/mol. The zero-order valence-electron chi connectivity index (χ0n) is 49.6. The normalized spacial score (nSPS) is 15.9. The Kier molecular flexibility index (Phi) is 41.1. The maximum atomic E-state index is 11.5. The number of rotatable bonds is 41. The maximum Gasteiger partial charge on any atom is 0.481 e. The lowest BCUT2D eigenvalue weighted by Crippen LogP contribution is -1.94. The molecule has 0 amide bonds. The van der Waals surface area contributed by atoms with E-state index in [2.05, 4.69) is 172 Å². The van der Waals surface area contributed by atoms with E-state index in [4.69, 9.17) is 9.79 Å². The standard InChI is InChI=1S/C65H108O7P2/c1-53(2)27-15-28-54(3)29-16-30-55(4)31-17-32-56(5)33-18-34-57(6)35-19-36-58(7)37-20-38-59(8)39-21-40-60(9)41-22-42-61(10)43-23-44-62(11)45-24-46-63(12)47-25-48-64(13)49-26-50-65(14)51-52-71-74(69,70)72-73(66,67)68/h27,29,31,33,35,37,39,41,43,45,47,49,51H,15-26,28,30,32,34,36,38,40,42,44,46,48,50,52H2,1-14H3,(H,69,70)(H2,66,67,68). The van der Waals surface area contributed by atoms with Crippen molar-refractivity contribution in [2.24, 2.45) is 0 Å². The molecule has 0 aromatic heterocycles. The van der Waals surface area contributed by atoms with Crippen molar-refractivity contribution in [1.82, 2.24) is 0 Å². The number of phosphoric ester groups is 1. The van der Waals surface area contributed by atoms with E-state index in [0.717, 1.165) is 140 Å². The fourth-order valence-electron chi connectivity index (χ4n) is 8.25. The molecule has 1 unspecified atom stereocenters. The van der Waals surface area contributed by atoms with E-state index in [9.17, 15) is 14.0 Å². The average molecular weight is 1060 g/mol. The molecular formula is C65H108O7P2. The highest BCUT2D eigenvalue weighted by Crippen LogP contribution is 2.57.